The molecule has 0 aliphatic rings. The fourth-order valence-electron chi connectivity index (χ4n) is 2.21. The zero-order valence-electron chi connectivity index (χ0n) is 12.5. The Morgan fingerprint density at radius 3 is 2.33 bits per heavy atom. The van der Waals surface area contributed by atoms with Gasteiger partial charge < -0.3 is 10.6 Å². The lowest BCUT2D eigenvalue weighted by Crippen LogP contribution is -2.35. The molecule has 0 spiro atoms. The fraction of sp³-hybridized carbons (Fsp3) is 0.625. The highest BCUT2D eigenvalue weighted by Crippen LogP contribution is 2.19. The SMILES string of the molecule is Cc1ccccc1C(N)CCN(C)C(C)C(C)C. The van der Waals surface area contributed by atoms with Crippen LogP contribution in [-0.4, -0.2) is 24.5 Å². The predicted molar refractivity (Wildman–Crippen MR) is 79.7 cm³/mol. The van der Waals surface area contributed by atoms with Crippen LogP contribution < -0.4 is 5.73 Å². The molecule has 1 aromatic rings. The summed E-state index contributed by atoms with van der Waals surface area (Å²) in [5.41, 5.74) is 8.87. The molecule has 1 aromatic carbocycles. The Hall–Kier alpha value is -0.860. The third-order valence-electron chi connectivity index (χ3n) is 4.04. The van der Waals surface area contributed by atoms with E-state index >= 15 is 0 Å². The molecule has 2 atom stereocenters. The monoisotopic (exact) mass is 248 g/mol. The Labute approximate surface area is 112 Å². The summed E-state index contributed by atoms with van der Waals surface area (Å²) in [7, 11) is 2.19. The number of hydrogen-bond donors (Lipinski definition) is 1. The Morgan fingerprint density at radius 1 is 1.17 bits per heavy atom. The molecule has 1 rings (SSSR count). The second-order valence-corrected chi connectivity index (χ2v) is 5.72. The molecule has 2 nitrogen and oxygen atoms in total. The van der Waals surface area contributed by atoms with Crippen LogP contribution in [0.2, 0.25) is 0 Å². The maximum atomic E-state index is 6.29. The number of nitrogens with zero attached hydrogens (tertiary/aromatic N) is 1. The highest BCUT2D eigenvalue weighted by molar-refractivity contribution is 5.28. The van der Waals surface area contributed by atoms with Gasteiger partial charge in [-0.3, -0.25) is 0 Å². The van der Waals surface area contributed by atoms with E-state index in [1.54, 1.807) is 0 Å². The molecule has 2 unspecified atom stereocenters. The van der Waals surface area contributed by atoms with Gasteiger partial charge in [-0.25, -0.2) is 0 Å². The van der Waals surface area contributed by atoms with Crippen LogP contribution in [0, 0.1) is 12.8 Å². The summed E-state index contributed by atoms with van der Waals surface area (Å²) in [6.07, 6.45) is 1.01. The predicted octanol–water partition coefficient (Wildman–Crippen LogP) is 3.36. The van der Waals surface area contributed by atoms with Crippen LogP contribution in [0.25, 0.3) is 0 Å². The summed E-state index contributed by atoms with van der Waals surface area (Å²) in [5.74, 6) is 0.685. The average Bonchev–Trinajstić information content (AvgIpc) is 2.35. The highest BCUT2D eigenvalue weighted by Gasteiger charge is 2.15. The van der Waals surface area contributed by atoms with E-state index in [9.17, 15) is 0 Å². The minimum atomic E-state index is 0.146. The first-order valence-electron chi connectivity index (χ1n) is 6.94. The van der Waals surface area contributed by atoms with E-state index in [2.05, 4.69) is 63.9 Å². The van der Waals surface area contributed by atoms with E-state index in [1.807, 2.05) is 0 Å². The molecular weight excluding hydrogens is 220 g/mol. The Kier molecular flexibility index (Phi) is 5.83. The van der Waals surface area contributed by atoms with Crippen molar-refractivity contribution in [3.63, 3.8) is 0 Å². The Bertz CT molecular complexity index is 360. The molecule has 2 N–H and O–H groups in total. The summed E-state index contributed by atoms with van der Waals surface area (Å²) < 4.78 is 0. The molecule has 0 fully saturated rings. The van der Waals surface area contributed by atoms with Crippen LogP contribution >= 0.6 is 0 Å². The van der Waals surface area contributed by atoms with Crippen LogP contribution in [0.15, 0.2) is 24.3 Å². The maximum Gasteiger partial charge on any atom is 0.0309 e. The molecular formula is C16H28N2. The first kappa shape index (κ1) is 15.2. The van der Waals surface area contributed by atoms with E-state index in [0.29, 0.717) is 12.0 Å². The van der Waals surface area contributed by atoms with Gasteiger partial charge in [0.1, 0.15) is 0 Å². The van der Waals surface area contributed by atoms with Crippen LogP contribution in [0.4, 0.5) is 0 Å². The molecule has 0 amide bonds. The van der Waals surface area contributed by atoms with Crippen LogP contribution in [0.3, 0.4) is 0 Å². The molecule has 102 valence electrons. The van der Waals surface area contributed by atoms with Crippen molar-refractivity contribution in [3.05, 3.63) is 35.4 Å². The number of rotatable bonds is 6. The van der Waals surface area contributed by atoms with Crippen LogP contribution in [0.1, 0.15) is 44.4 Å². The van der Waals surface area contributed by atoms with Crippen molar-refractivity contribution in [1.82, 2.24) is 4.90 Å². The summed E-state index contributed by atoms with van der Waals surface area (Å²) >= 11 is 0. The van der Waals surface area contributed by atoms with Crippen molar-refractivity contribution >= 4 is 0 Å². The van der Waals surface area contributed by atoms with Crippen LogP contribution in [0.5, 0.6) is 0 Å². The number of aryl methyl sites for hydroxylation is 1. The zero-order chi connectivity index (χ0) is 13.7. The van der Waals surface area contributed by atoms with E-state index in [4.69, 9.17) is 5.73 Å². The van der Waals surface area contributed by atoms with Gasteiger partial charge in [0.15, 0.2) is 0 Å². The molecule has 18 heavy (non-hydrogen) atoms. The van der Waals surface area contributed by atoms with Crippen molar-refractivity contribution in [1.29, 1.82) is 0 Å². The maximum absolute atomic E-state index is 6.29. The topological polar surface area (TPSA) is 29.3 Å². The molecule has 0 saturated heterocycles. The van der Waals surface area contributed by atoms with Crippen molar-refractivity contribution in [2.75, 3.05) is 13.6 Å². The second-order valence-electron chi connectivity index (χ2n) is 5.72. The minimum Gasteiger partial charge on any atom is -0.324 e. The quantitative estimate of drug-likeness (QED) is 0.836. The molecule has 0 aromatic heterocycles. The van der Waals surface area contributed by atoms with Crippen molar-refractivity contribution in [2.24, 2.45) is 11.7 Å². The molecule has 0 heterocycles. The first-order chi connectivity index (χ1) is 8.43. The van der Waals surface area contributed by atoms with Crippen molar-refractivity contribution < 1.29 is 0 Å². The van der Waals surface area contributed by atoms with E-state index in [0.717, 1.165) is 13.0 Å². The zero-order valence-corrected chi connectivity index (χ0v) is 12.5. The van der Waals surface area contributed by atoms with Crippen molar-refractivity contribution in [2.45, 2.75) is 46.2 Å². The van der Waals surface area contributed by atoms with Gasteiger partial charge in [0.05, 0.1) is 0 Å². The fourth-order valence-corrected chi connectivity index (χ4v) is 2.21. The van der Waals surface area contributed by atoms with Gasteiger partial charge in [-0.2, -0.15) is 0 Å². The van der Waals surface area contributed by atoms with E-state index in [1.165, 1.54) is 11.1 Å². The average molecular weight is 248 g/mol. The molecule has 0 saturated carbocycles. The third-order valence-corrected chi connectivity index (χ3v) is 4.04. The molecule has 0 bridgehead atoms. The largest absolute Gasteiger partial charge is 0.324 e. The summed E-state index contributed by atoms with van der Waals surface area (Å²) in [6.45, 7) is 10.00. The second kappa shape index (κ2) is 6.91. The standard InChI is InChI=1S/C16H28N2/c1-12(2)14(4)18(5)11-10-16(17)15-9-7-6-8-13(15)3/h6-9,12,14,16H,10-11,17H2,1-5H3. The van der Waals surface area contributed by atoms with Crippen LogP contribution in [-0.2, 0) is 0 Å². The summed E-state index contributed by atoms with van der Waals surface area (Å²) in [6, 6.07) is 9.17. The van der Waals surface area contributed by atoms with Gasteiger partial charge in [0, 0.05) is 12.1 Å². The van der Waals surface area contributed by atoms with Gasteiger partial charge in [-0.15, -0.1) is 0 Å². The highest BCUT2D eigenvalue weighted by atomic mass is 15.1. The normalized spacial score (nSPS) is 15.1. The summed E-state index contributed by atoms with van der Waals surface area (Å²) in [4.78, 5) is 2.41. The van der Waals surface area contributed by atoms with Gasteiger partial charge in [-0.1, -0.05) is 38.1 Å². The Balaban J connectivity index is 2.51. The van der Waals surface area contributed by atoms with Gasteiger partial charge in [0.25, 0.3) is 0 Å². The first-order valence-corrected chi connectivity index (χ1v) is 6.94. The third kappa shape index (κ3) is 4.11. The Morgan fingerprint density at radius 2 is 1.78 bits per heavy atom. The van der Waals surface area contributed by atoms with Gasteiger partial charge in [0.2, 0.25) is 0 Å². The number of benzene rings is 1. The molecule has 0 aliphatic carbocycles. The number of hydrogen-bond acceptors (Lipinski definition) is 2. The smallest absolute Gasteiger partial charge is 0.0309 e. The van der Waals surface area contributed by atoms with Gasteiger partial charge in [-0.05, 0) is 50.9 Å². The molecule has 0 radical (unpaired) electrons. The lowest BCUT2D eigenvalue weighted by atomic mass is 9.98. The van der Waals surface area contributed by atoms with Crippen molar-refractivity contribution in [3.8, 4) is 0 Å². The number of nitrogens with two attached hydrogens (primary N) is 1. The minimum absolute atomic E-state index is 0.146. The molecule has 2 heteroatoms. The van der Waals surface area contributed by atoms with Gasteiger partial charge >= 0.3 is 0 Å². The summed E-state index contributed by atoms with van der Waals surface area (Å²) in [5, 5.41) is 0. The van der Waals surface area contributed by atoms with E-state index in [-0.39, 0.29) is 6.04 Å². The lowest BCUT2D eigenvalue weighted by Gasteiger charge is -2.29. The lowest BCUT2D eigenvalue weighted by molar-refractivity contribution is 0.202. The molecule has 0 aliphatic heterocycles. The van der Waals surface area contributed by atoms with E-state index < -0.39 is 0 Å².